The minimum Gasteiger partial charge on any atom is -0.362 e. The molecule has 0 heterocycles. The predicted octanol–water partition coefficient (Wildman–Crippen LogP) is 15.5. The van der Waals surface area contributed by atoms with Gasteiger partial charge in [-0.1, -0.05) is 214 Å². The Hall–Kier alpha value is -7.48. The van der Waals surface area contributed by atoms with Crippen molar-refractivity contribution in [3.63, 3.8) is 0 Å². The number of nitrogens with one attached hydrogen (secondary N) is 1. The van der Waals surface area contributed by atoms with Gasteiger partial charge in [-0.15, -0.1) is 0 Å². The zero-order valence-electron chi connectivity index (χ0n) is 34.4. The summed E-state index contributed by atoms with van der Waals surface area (Å²) in [6.45, 7) is 4.77. The van der Waals surface area contributed by atoms with Gasteiger partial charge in [0.1, 0.15) is 0 Å². The first-order valence-electron chi connectivity index (χ1n) is 21.4. The molecule has 61 heavy (non-hydrogen) atoms. The fourth-order valence-corrected chi connectivity index (χ4v) is 10.6. The summed E-state index contributed by atoms with van der Waals surface area (Å²) in [5, 5.41) is 8.51. The van der Waals surface area contributed by atoms with Gasteiger partial charge in [0.25, 0.3) is 0 Å². The number of fused-ring (bicyclic) bond motifs is 12. The van der Waals surface area contributed by atoms with Crippen molar-refractivity contribution in [2.45, 2.75) is 24.7 Å². The highest BCUT2D eigenvalue weighted by Crippen LogP contribution is 2.62. The van der Waals surface area contributed by atoms with Crippen LogP contribution in [0.4, 0.5) is 5.69 Å². The van der Waals surface area contributed by atoms with Crippen LogP contribution in [0.5, 0.6) is 0 Å². The van der Waals surface area contributed by atoms with E-state index in [1.54, 1.807) is 0 Å². The Morgan fingerprint density at radius 1 is 0.377 bits per heavy atom. The number of rotatable bonds is 7. The van der Waals surface area contributed by atoms with Crippen LogP contribution in [0.2, 0.25) is 0 Å². The van der Waals surface area contributed by atoms with Crippen molar-refractivity contribution < 1.29 is 0 Å². The molecule has 1 spiro atoms. The van der Waals surface area contributed by atoms with E-state index in [-0.39, 0.29) is 5.41 Å². The van der Waals surface area contributed by atoms with Gasteiger partial charge in [0.05, 0.1) is 5.41 Å². The third kappa shape index (κ3) is 5.76. The molecule has 2 aliphatic rings. The van der Waals surface area contributed by atoms with Crippen LogP contribution in [0.1, 0.15) is 52.8 Å². The van der Waals surface area contributed by atoms with Crippen LogP contribution >= 0.6 is 0 Å². The van der Waals surface area contributed by atoms with Gasteiger partial charge in [0, 0.05) is 17.3 Å². The molecule has 11 rings (SSSR count). The van der Waals surface area contributed by atoms with Crippen molar-refractivity contribution in [2.24, 2.45) is 0 Å². The summed E-state index contributed by atoms with van der Waals surface area (Å²) in [5.74, 6) is 0. The van der Waals surface area contributed by atoms with Crippen molar-refractivity contribution in [2.75, 3.05) is 5.32 Å². The lowest BCUT2D eigenvalue weighted by Gasteiger charge is -2.46. The van der Waals surface area contributed by atoms with Gasteiger partial charge in [-0.25, -0.2) is 0 Å². The van der Waals surface area contributed by atoms with Crippen molar-refractivity contribution in [1.82, 2.24) is 0 Å². The number of hydrogen-bond acceptors (Lipinski definition) is 1. The van der Waals surface area contributed by atoms with E-state index >= 15 is 0 Å². The zero-order valence-corrected chi connectivity index (χ0v) is 34.4. The zero-order chi connectivity index (χ0) is 41.0. The molecule has 9 aromatic rings. The first-order valence-corrected chi connectivity index (χ1v) is 21.4. The van der Waals surface area contributed by atoms with E-state index in [4.69, 9.17) is 0 Å². The molecule has 1 N–H and O–H groups in total. The second-order valence-corrected chi connectivity index (χ2v) is 16.8. The molecule has 0 atom stereocenters. The molecule has 9 aromatic carbocycles. The molecule has 0 saturated heterocycles. The maximum absolute atomic E-state index is 3.47. The smallest absolute Gasteiger partial charge is 0.0719 e. The van der Waals surface area contributed by atoms with Crippen molar-refractivity contribution in [3.8, 4) is 33.4 Å². The Morgan fingerprint density at radius 2 is 0.869 bits per heavy atom. The summed E-state index contributed by atoms with van der Waals surface area (Å²) in [7, 11) is 0. The lowest BCUT2D eigenvalue weighted by Crippen LogP contribution is -2.40. The van der Waals surface area contributed by atoms with E-state index in [0.29, 0.717) is 0 Å². The fraction of sp³-hybridized carbons (Fsp3) is 0.0667. The molecule has 0 unspecified atom stereocenters. The summed E-state index contributed by atoms with van der Waals surface area (Å²) < 4.78 is 0. The largest absolute Gasteiger partial charge is 0.362 e. The summed E-state index contributed by atoms with van der Waals surface area (Å²) in [6.07, 6.45) is 12.3. The van der Waals surface area contributed by atoms with Gasteiger partial charge in [0.15, 0.2) is 0 Å². The van der Waals surface area contributed by atoms with Gasteiger partial charge < -0.3 is 5.32 Å². The second kappa shape index (κ2) is 14.7. The van der Waals surface area contributed by atoms with Crippen LogP contribution < -0.4 is 5.32 Å². The fourth-order valence-electron chi connectivity index (χ4n) is 10.6. The third-order valence-electron chi connectivity index (χ3n) is 13.2. The highest BCUT2D eigenvalue weighted by molar-refractivity contribution is 6.21. The van der Waals surface area contributed by atoms with Crippen LogP contribution in [0.25, 0.3) is 61.0 Å². The molecule has 0 saturated carbocycles. The van der Waals surface area contributed by atoms with E-state index in [9.17, 15) is 0 Å². The molecule has 0 amide bonds. The van der Waals surface area contributed by atoms with Crippen molar-refractivity contribution in [1.29, 1.82) is 0 Å². The molecule has 0 bridgehead atoms. The standard InChI is InChI=1S/C60H45N/c1-59(2)53-29-15-17-31-55(53)60(56-32-18-16-30-54(56)59)51-28-14-13-25-47(51)50-40-43(35-38-52(50)60)58-49-27-12-10-24-46(49)45-23-9-11-26-48(45)57(58)42-33-36-44(37-34-42)61-39-19-4-3-6-20-41-21-7-5-8-22-41/h3-40,61H,1-2H3/b4-3-,20-6-,39-19+. The van der Waals surface area contributed by atoms with E-state index in [2.05, 4.69) is 219 Å². The van der Waals surface area contributed by atoms with E-state index < -0.39 is 5.41 Å². The number of hydrogen-bond donors (Lipinski definition) is 1. The maximum Gasteiger partial charge on any atom is 0.0719 e. The van der Waals surface area contributed by atoms with E-state index in [0.717, 1.165) is 5.69 Å². The SMILES string of the molecule is CC1(C)c2ccccc2C2(c3ccccc3-c3cc(-c4c(-c5ccc(N/C=C/C=C\C=C/c6ccccc6)cc5)c5ccccc5c5ccccc45)ccc32)c2ccccc21. The number of benzene rings is 9. The van der Waals surface area contributed by atoms with Crippen LogP contribution in [-0.4, -0.2) is 0 Å². The van der Waals surface area contributed by atoms with Gasteiger partial charge in [-0.2, -0.15) is 0 Å². The van der Waals surface area contributed by atoms with Crippen molar-refractivity contribution in [3.05, 3.63) is 264 Å². The number of anilines is 1. The Balaban J connectivity index is 1.05. The van der Waals surface area contributed by atoms with Crippen LogP contribution in [0.3, 0.4) is 0 Å². The molecule has 1 heteroatoms. The highest BCUT2D eigenvalue weighted by atomic mass is 14.8. The summed E-state index contributed by atoms with van der Waals surface area (Å²) >= 11 is 0. The maximum atomic E-state index is 3.47. The predicted molar refractivity (Wildman–Crippen MR) is 259 cm³/mol. The summed E-state index contributed by atoms with van der Waals surface area (Å²) in [4.78, 5) is 0. The molecule has 1 nitrogen and oxygen atoms in total. The van der Waals surface area contributed by atoms with E-state index in [1.165, 1.54) is 93.9 Å². The number of allylic oxidation sites excluding steroid dienone is 4. The van der Waals surface area contributed by atoms with Crippen LogP contribution in [0, 0.1) is 0 Å². The molecule has 0 aromatic heterocycles. The highest BCUT2D eigenvalue weighted by Gasteiger charge is 2.53. The van der Waals surface area contributed by atoms with Gasteiger partial charge in [-0.05, 0) is 118 Å². The van der Waals surface area contributed by atoms with Gasteiger partial charge >= 0.3 is 0 Å². The Bertz CT molecular complexity index is 3180. The van der Waals surface area contributed by atoms with Gasteiger partial charge in [0.2, 0.25) is 0 Å². The Labute approximate surface area is 358 Å². The topological polar surface area (TPSA) is 12.0 Å². The Morgan fingerprint density at radius 3 is 1.52 bits per heavy atom. The second-order valence-electron chi connectivity index (χ2n) is 16.8. The van der Waals surface area contributed by atoms with Gasteiger partial charge in [-0.3, -0.25) is 0 Å². The minimum absolute atomic E-state index is 0.131. The van der Waals surface area contributed by atoms with Crippen LogP contribution in [-0.2, 0) is 10.8 Å². The van der Waals surface area contributed by atoms with Crippen molar-refractivity contribution >= 4 is 33.3 Å². The molecule has 290 valence electrons. The molecule has 0 fully saturated rings. The lowest BCUT2D eigenvalue weighted by atomic mass is 9.55. The molecule has 2 aliphatic carbocycles. The lowest BCUT2D eigenvalue weighted by molar-refractivity contribution is 0.563. The average molecular weight is 780 g/mol. The van der Waals surface area contributed by atoms with E-state index in [1.807, 2.05) is 30.5 Å². The quantitative estimate of drug-likeness (QED) is 0.125. The minimum atomic E-state index is -0.423. The summed E-state index contributed by atoms with van der Waals surface area (Å²) in [5.41, 5.74) is 17.5. The first kappa shape index (κ1) is 36.6. The summed E-state index contributed by atoms with van der Waals surface area (Å²) in [6, 6.07) is 72.0. The molecular formula is C60H45N. The molecule has 0 aliphatic heterocycles. The first-order chi connectivity index (χ1) is 30.0. The van der Waals surface area contributed by atoms with Crippen LogP contribution in [0.15, 0.2) is 225 Å². The third-order valence-corrected chi connectivity index (χ3v) is 13.2. The normalized spacial score (nSPS) is 14.5. The average Bonchev–Trinajstić information content (AvgIpc) is 3.61. The molecular weight excluding hydrogens is 735 g/mol. The monoisotopic (exact) mass is 779 g/mol. The Kier molecular flexibility index (Phi) is 8.79. The molecule has 0 radical (unpaired) electrons.